The fraction of sp³-hybridized carbons (Fsp3) is 0.243. The third-order valence-corrected chi connectivity index (χ3v) is 11.2. The van der Waals surface area contributed by atoms with Gasteiger partial charge in [0.05, 0.1) is 37.6 Å². The van der Waals surface area contributed by atoms with Crippen LogP contribution in [0, 0.1) is 0 Å². The van der Waals surface area contributed by atoms with Gasteiger partial charge in [-0.05, 0) is 66.1 Å². The minimum Gasteiger partial charge on any atom is -0.496 e. The molecule has 12 heteroatoms. The number of carbonyl (C=O) groups is 4. The molecule has 49 heavy (non-hydrogen) atoms. The number of thioether (sulfide) groups is 2. The maximum Gasteiger partial charge on any atom is 0.305 e. The van der Waals surface area contributed by atoms with E-state index in [9.17, 15) is 29.4 Å². The zero-order chi connectivity index (χ0) is 34.7. The summed E-state index contributed by atoms with van der Waals surface area (Å²) in [6.07, 6.45) is -0.109. The summed E-state index contributed by atoms with van der Waals surface area (Å²) in [6.45, 7) is 0. The lowest BCUT2D eigenvalue weighted by Gasteiger charge is -2.26. The second kappa shape index (κ2) is 14.7. The van der Waals surface area contributed by atoms with Gasteiger partial charge in [-0.25, -0.2) is 0 Å². The van der Waals surface area contributed by atoms with Crippen molar-refractivity contribution in [3.63, 3.8) is 0 Å². The molecule has 4 atom stereocenters. The largest absolute Gasteiger partial charge is 0.496 e. The summed E-state index contributed by atoms with van der Waals surface area (Å²) in [5.41, 5.74) is 4.66. The van der Waals surface area contributed by atoms with E-state index in [2.05, 4.69) is 0 Å². The van der Waals surface area contributed by atoms with Crippen molar-refractivity contribution in [1.82, 2.24) is 0 Å². The predicted octanol–water partition coefficient (Wildman–Crippen LogP) is 6.54. The molecule has 0 spiro atoms. The van der Waals surface area contributed by atoms with Gasteiger partial charge >= 0.3 is 11.9 Å². The summed E-state index contributed by atoms with van der Waals surface area (Å²) in [6, 6.07) is 29.9. The van der Waals surface area contributed by atoms with Crippen molar-refractivity contribution in [2.45, 2.75) is 40.5 Å². The van der Waals surface area contributed by atoms with Gasteiger partial charge in [0.15, 0.2) is 0 Å². The van der Waals surface area contributed by atoms with E-state index in [1.807, 2.05) is 97.1 Å². The number of amides is 2. The van der Waals surface area contributed by atoms with Crippen molar-refractivity contribution in [3.05, 3.63) is 119 Å². The molecule has 2 fully saturated rings. The molecule has 6 rings (SSSR count). The average Bonchev–Trinajstić information content (AvgIpc) is 3.59. The standard InChI is InChI=1S/C37H34N2O8S2/c1-46-28-15-13-22(18-26(28)36-38(24-9-5-3-6-10-24)34(44)30(48-36)20-32(40)41)17-23-14-16-29(47-2)27(19-23)37-39(25-11-7-4-8-12-25)35(45)31(49-37)21-33(42)43/h3-16,18-19,30-31,36-37H,17,20-21H2,1-2H3,(H,40,41)(H,42,43). The van der Waals surface area contributed by atoms with Gasteiger partial charge in [0.2, 0.25) is 11.8 Å². The van der Waals surface area contributed by atoms with Gasteiger partial charge in [0, 0.05) is 22.5 Å². The van der Waals surface area contributed by atoms with Crippen LogP contribution in [0.5, 0.6) is 11.5 Å². The van der Waals surface area contributed by atoms with Gasteiger partial charge in [-0.1, -0.05) is 48.5 Å². The third kappa shape index (κ3) is 7.11. The highest BCUT2D eigenvalue weighted by atomic mass is 32.2. The lowest BCUT2D eigenvalue weighted by atomic mass is 9.99. The van der Waals surface area contributed by atoms with Crippen LogP contribution in [0.1, 0.15) is 45.8 Å². The first-order valence-electron chi connectivity index (χ1n) is 15.5. The number of anilines is 2. The number of aliphatic carboxylic acids is 2. The van der Waals surface area contributed by atoms with Crippen LogP contribution in [0.3, 0.4) is 0 Å². The van der Waals surface area contributed by atoms with Gasteiger partial charge in [-0.15, -0.1) is 23.5 Å². The number of nitrogens with zero attached hydrogens (tertiary/aromatic N) is 2. The average molecular weight is 699 g/mol. The first kappa shape index (κ1) is 33.9. The Kier molecular flexibility index (Phi) is 10.2. The van der Waals surface area contributed by atoms with Crippen LogP contribution >= 0.6 is 23.5 Å². The van der Waals surface area contributed by atoms with Crippen molar-refractivity contribution in [1.29, 1.82) is 0 Å². The molecule has 252 valence electrons. The fourth-order valence-electron chi connectivity index (χ4n) is 6.22. The number of methoxy groups -OCH3 is 2. The highest BCUT2D eigenvalue weighted by Crippen LogP contribution is 2.51. The van der Waals surface area contributed by atoms with Crippen molar-refractivity contribution < 1.29 is 38.9 Å². The highest BCUT2D eigenvalue weighted by molar-refractivity contribution is 8.01. The van der Waals surface area contributed by atoms with Crippen LogP contribution in [0.25, 0.3) is 0 Å². The number of carboxylic acid groups (broad SMARTS) is 2. The Morgan fingerprint density at radius 1 is 0.633 bits per heavy atom. The molecule has 2 aliphatic heterocycles. The molecule has 2 heterocycles. The van der Waals surface area contributed by atoms with Crippen LogP contribution in [0.4, 0.5) is 11.4 Å². The zero-order valence-electron chi connectivity index (χ0n) is 26.7. The van der Waals surface area contributed by atoms with Crippen molar-refractivity contribution >= 4 is 58.7 Å². The van der Waals surface area contributed by atoms with Crippen LogP contribution in [0.15, 0.2) is 97.1 Å². The molecule has 4 aromatic rings. The minimum atomic E-state index is -1.04. The van der Waals surface area contributed by atoms with Crippen LogP contribution in [0.2, 0.25) is 0 Å². The van der Waals surface area contributed by atoms with Crippen molar-refractivity contribution in [2.75, 3.05) is 24.0 Å². The smallest absolute Gasteiger partial charge is 0.305 e. The topological polar surface area (TPSA) is 134 Å². The molecule has 10 nitrogen and oxygen atoms in total. The number of para-hydroxylation sites is 2. The number of benzene rings is 4. The highest BCUT2D eigenvalue weighted by Gasteiger charge is 2.45. The van der Waals surface area contributed by atoms with E-state index in [4.69, 9.17) is 9.47 Å². The summed E-state index contributed by atoms with van der Waals surface area (Å²) >= 11 is 2.58. The van der Waals surface area contributed by atoms with Gasteiger partial charge in [0.25, 0.3) is 0 Å². The summed E-state index contributed by atoms with van der Waals surface area (Å²) in [5, 5.41) is 16.5. The lowest BCUT2D eigenvalue weighted by molar-refractivity contribution is -0.138. The molecule has 4 unspecified atom stereocenters. The third-order valence-electron chi connectivity index (χ3n) is 8.40. The number of hydrogen-bond donors (Lipinski definition) is 2. The molecule has 0 radical (unpaired) electrons. The maximum absolute atomic E-state index is 13.6. The van der Waals surface area contributed by atoms with Crippen LogP contribution in [-0.2, 0) is 25.6 Å². The summed E-state index contributed by atoms with van der Waals surface area (Å²) in [4.78, 5) is 53.8. The quantitative estimate of drug-likeness (QED) is 0.168. The van der Waals surface area contributed by atoms with Gasteiger partial charge in [-0.2, -0.15) is 0 Å². The monoisotopic (exact) mass is 698 g/mol. The molecule has 4 aromatic carbocycles. The normalized spacial score (nSPS) is 20.4. The van der Waals surface area contributed by atoms with Gasteiger partial charge < -0.3 is 19.7 Å². The fourth-order valence-corrected chi connectivity index (χ4v) is 9.13. The van der Waals surface area contributed by atoms with E-state index in [0.717, 1.165) is 22.3 Å². The van der Waals surface area contributed by atoms with Gasteiger partial charge in [-0.3, -0.25) is 29.0 Å². The first-order chi connectivity index (χ1) is 23.7. The number of rotatable bonds is 12. The number of hydrogen-bond acceptors (Lipinski definition) is 8. The zero-order valence-corrected chi connectivity index (χ0v) is 28.4. The van der Waals surface area contributed by atoms with E-state index in [0.29, 0.717) is 29.3 Å². The number of ether oxygens (including phenoxy) is 2. The molecule has 0 saturated carbocycles. The summed E-state index contributed by atoms with van der Waals surface area (Å²) in [7, 11) is 3.13. The molecule has 2 saturated heterocycles. The summed E-state index contributed by atoms with van der Waals surface area (Å²) < 4.78 is 11.5. The SMILES string of the molecule is COc1ccc(Cc2ccc(OC)c(C3SC(CC(=O)O)C(=O)N3c3ccccc3)c2)cc1C1SC(CC(=O)O)C(=O)N1c1ccccc1. The molecule has 0 aliphatic carbocycles. The first-order valence-corrected chi connectivity index (χ1v) is 17.4. The Balaban J connectivity index is 1.36. The molecule has 2 amide bonds. The molecule has 2 N–H and O–H groups in total. The maximum atomic E-state index is 13.6. The van der Waals surface area contributed by atoms with Crippen LogP contribution in [-0.4, -0.2) is 58.7 Å². The Morgan fingerprint density at radius 2 is 1.02 bits per heavy atom. The number of carbonyl (C=O) groups excluding carboxylic acids is 2. The van der Waals surface area contributed by atoms with Crippen molar-refractivity contribution in [2.24, 2.45) is 0 Å². The molecular formula is C37H34N2O8S2. The van der Waals surface area contributed by atoms with E-state index in [-0.39, 0.29) is 24.7 Å². The lowest BCUT2D eigenvalue weighted by Crippen LogP contribution is -2.32. The number of carboxylic acids is 2. The second-order valence-corrected chi connectivity index (χ2v) is 14.1. The molecule has 2 aliphatic rings. The molecule has 0 bridgehead atoms. The Labute approximate surface area is 292 Å². The van der Waals surface area contributed by atoms with E-state index < -0.39 is 33.2 Å². The van der Waals surface area contributed by atoms with E-state index in [1.165, 1.54) is 23.5 Å². The predicted molar refractivity (Wildman–Crippen MR) is 189 cm³/mol. The Morgan fingerprint density at radius 3 is 1.37 bits per heavy atom. The van der Waals surface area contributed by atoms with E-state index >= 15 is 0 Å². The molecular weight excluding hydrogens is 665 g/mol. The summed E-state index contributed by atoms with van der Waals surface area (Å²) in [5.74, 6) is -1.49. The second-order valence-electron chi connectivity index (χ2n) is 11.6. The van der Waals surface area contributed by atoms with Gasteiger partial charge in [0.1, 0.15) is 22.2 Å². The van der Waals surface area contributed by atoms with Crippen LogP contribution < -0.4 is 19.3 Å². The molecule has 0 aromatic heterocycles. The minimum absolute atomic E-state index is 0.274. The Bertz CT molecular complexity index is 1740. The van der Waals surface area contributed by atoms with Crippen molar-refractivity contribution in [3.8, 4) is 11.5 Å². The van der Waals surface area contributed by atoms with E-state index in [1.54, 1.807) is 24.0 Å². The Hall–Kier alpha value is -4.94.